The van der Waals surface area contributed by atoms with Crippen molar-refractivity contribution in [1.82, 2.24) is 20.4 Å². The second-order valence-corrected chi connectivity index (χ2v) is 9.26. The molecule has 32 heavy (non-hydrogen) atoms. The minimum absolute atomic E-state index is 0.0257. The highest BCUT2D eigenvalue weighted by molar-refractivity contribution is 5.95. The van der Waals surface area contributed by atoms with E-state index in [0.29, 0.717) is 38.6 Å². The Kier molecular flexibility index (Phi) is 8.64. The van der Waals surface area contributed by atoms with Crippen LogP contribution in [0.4, 0.5) is 10.5 Å². The Morgan fingerprint density at radius 2 is 1.47 bits per heavy atom. The van der Waals surface area contributed by atoms with Gasteiger partial charge in [-0.05, 0) is 43.7 Å². The first kappa shape index (κ1) is 24.2. The van der Waals surface area contributed by atoms with Gasteiger partial charge in [0.1, 0.15) is 0 Å². The molecule has 1 aromatic rings. The summed E-state index contributed by atoms with van der Waals surface area (Å²) in [6.45, 7) is 9.43. The maximum atomic E-state index is 12.5. The number of benzene rings is 1. The average Bonchev–Trinajstić information content (AvgIpc) is 2.74. The van der Waals surface area contributed by atoms with E-state index in [-0.39, 0.29) is 24.4 Å². The molecule has 2 unspecified atom stereocenters. The smallest absolute Gasteiger partial charge is 0.321 e. The van der Waals surface area contributed by atoms with E-state index in [9.17, 15) is 14.4 Å². The van der Waals surface area contributed by atoms with Crippen LogP contribution in [0, 0.1) is 19.8 Å². The third kappa shape index (κ3) is 7.03. The third-order valence-corrected chi connectivity index (χ3v) is 6.63. The molecule has 8 nitrogen and oxygen atoms in total. The zero-order valence-corrected chi connectivity index (χ0v) is 19.6. The number of urea groups is 1. The minimum Gasteiger partial charge on any atom is -0.335 e. The summed E-state index contributed by atoms with van der Waals surface area (Å²) in [5.41, 5.74) is 2.99. The van der Waals surface area contributed by atoms with Gasteiger partial charge < -0.3 is 10.6 Å². The zero-order chi connectivity index (χ0) is 23.1. The number of imide groups is 1. The van der Waals surface area contributed by atoms with Gasteiger partial charge >= 0.3 is 6.03 Å². The molecule has 1 saturated heterocycles. The molecule has 0 aromatic heterocycles. The molecular formula is C24H37N5O3. The molecule has 3 N–H and O–H groups in total. The number of nitrogens with zero attached hydrogens (tertiary/aromatic N) is 2. The van der Waals surface area contributed by atoms with Crippen molar-refractivity contribution in [2.75, 3.05) is 44.6 Å². The van der Waals surface area contributed by atoms with E-state index < -0.39 is 6.03 Å². The van der Waals surface area contributed by atoms with Crippen LogP contribution in [-0.2, 0) is 9.59 Å². The fourth-order valence-corrected chi connectivity index (χ4v) is 4.60. The predicted octanol–water partition coefficient (Wildman–Crippen LogP) is 2.26. The van der Waals surface area contributed by atoms with Crippen LogP contribution < -0.4 is 16.0 Å². The van der Waals surface area contributed by atoms with Crippen LogP contribution in [0.15, 0.2) is 18.2 Å². The summed E-state index contributed by atoms with van der Waals surface area (Å²) in [5, 5.41) is 8.44. The number of anilines is 1. The van der Waals surface area contributed by atoms with Crippen LogP contribution in [0.5, 0.6) is 0 Å². The van der Waals surface area contributed by atoms with Crippen LogP contribution in [0.25, 0.3) is 0 Å². The third-order valence-electron chi connectivity index (χ3n) is 6.63. The molecule has 0 radical (unpaired) electrons. The van der Waals surface area contributed by atoms with Crippen molar-refractivity contribution in [2.45, 2.75) is 52.5 Å². The summed E-state index contributed by atoms with van der Waals surface area (Å²) in [7, 11) is 0. The molecule has 1 aliphatic carbocycles. The number of rotatable bonds is 6. The Labute approximate surface area is 191 Å². The van der Waals surface area contributed by atoms with Crippen LogP contribution >= 0.6 is 0 Å². The van der Waals surface area contributed by atoms with Crippen LogP contribution in [0.2, 0.25) is 0 Å². The van der Waals surface area contributed by atoms with E-state index in [0.717, 1.165) is 36.1 Å². The topological polar surface area (TPSA) is 93.8 Å². The first-order valence-electron chi connectivity index (χ1n) is 11.7. The lowest BCUT2D eigenvalue weighted by Crippen LogP contribution is -2.53. The standard InChI is InChI=1S/C24H37N5O3/c1-17-7-4-5-10-20(17)25-24(32)27-22(31)16-29-13-11-28(12-14-29)15-21(30)26-23-18(2)8-6-9-19(23)3/h6,8-9,17,20H,4-5,7,10-16H2,1-3H3,(H,26,30)(H2,25,27,31,32). The number of carbonyl (C=O) groups is 3. The molecular weight excluding hydrogens is 406 g/mol. The Morgan fingerprint density at radius 3 is 2.06 bits per heavy atom. The lowest BCUT2D eigenvalue weighted by molar-refractivity contribution is -0.122. The number of amides is 4. The Bertz CT molecular complexity index is 800. The quantitative estimate of drug-likeness (QED) is 0.627. The van der Waals surface area contributed by atoms with E-state index in [1.165, 1.54) is 6.42 Å². The molecule has 2 aliphatic rings. The Morgan fingerprint density at radius 1 is 0.906 bits per heavy atom. The van der Waals surface area contributed by atoms with E-state index in [4.69, 9.17) is 0 Å². The highest BCUT2D eigenvalue weighted by atomic mass is 16.2. The average molecular weight is 444 g/mol. The molecule has 176 valence electrons. The molecule has 2 atom stereocenters. The van der Waals surface area contributed by atoms with Crippen molar-refractivity contribution in [3.63, 3.8) is 0 Å². The molecule has 1 saturated carbocycles. The first-order chi connectivity index (χ1) is 15.3. The molecule has 1 aliphatic heterocycles. The fourth-order valence-electron chi connectivity index (χ4n) is 4.60. The van der Waals surface area contributed by atoms with E-state index in [1.807, 2.05) is 36.9 Å². The van der Waals surface area contributed by atoms with Crippen molar-refractivity contribution in [3.05, 3.63) is 29.3 Å². The summed E-state index contributed by atoms with van der Waals surface area (Å²) >= 11 is 0. The van der Waals surface area contributed by atoms with Gasteiger partial charge in [0.25, 0.3) is 0 Å². The second kappa shape index (κ2) is 11.4. The fraction of sp³-hybridized carbons (Fsp3) is 0.625. The predicted molar refractivity (Wildman–Crippen MR) is 126 cm³/mol. The summed E-state index contributed by atoms with van der Waals surface area (Å²) in [6, 6.07) is 5.71. The van der Waals surface area contributed by atoms with Crippen molar-refractivity contribution in [2.24, 2.45) is 5.92 Å². The molecule has 1 heterocycles. The van der Waals surface area contributed by atoms with Gasteiger partial charge in [0.15, 0.2) is 0 Å². The summed E-state index contributed by atoms with van der Waals surface area (Å²) < 4.78 is 0. The Hall–Kier alpha value is -2.45. The lowest BCUT2D eigenvalue weighted by atomic mass is 9.86. The first-order valence-corrected chi connectivity index (χ1v) is 11.7. The van der Waals surface area contributed by atoms with Gasteiger partial charge in [-0.25, -0.2) is 4.79 Å². The number of nitrogens with one attached hydrogen (secondary N) is 3. The van der Waals surface area contributed by atoms with Crippen LogP contribution in [0.3, 0.4) is 0 Å². The lowest BCUT2D eigenvalue weighted by Gasteiger charge is -2.34. The molecule has 8 heteroatoms. The molecule has 3 rings (SSSR count). The van der Waals surface area contributed by atoms with Crippen molar-refractivity contribution in [3.8, 4) is 0 Å². The SMILES string of the molecule is Cc1cccc(C)c1NC(=O)CN1CCN(CC(=O)NC(=O)NC2CCCCC2C)CC1. The van der Waals surface area contributed by atoms with Gasteiger partial charge in [0.2, 0.25) is 11.8 Å². The summed E-state index contributed by atoms with van der Waals surface area (Å²) in [6.07, 6.45) is 4.42. The van der Waals surface area contributed by atoms with Crippen LogP contribution in [0.1, 0.15) is 43.7 Å². The molecule has 0 bridgehead atoms. The second-order valence-electron chi connectivity index (χ2n) is 9.26. The number of carbonyl (C=O) groups excluding carboxylic acids is 3. The van der Waals surface area contributed by atoms with Crippen molar-refractivity contribution in [1.29, 1.82) is 0 Å². The van der Waals surface area contributed by atoms with Crippen LogP contribution in [-0.4, -0.2) is 73.0 Å². The Balaban J connectivity index is 1.35. The van der Waals surface area contributed by atoms with Gasteiger partial charge in [-0.15, -0.1) is 0 Å². The molecule has 0 spiro atoms. The van der Waals surface area contributed by atoms with Gasteiger partial charge in [0.05, 0.1) is 13.1 Å². The maximum Gasteiger partial charge on any atom is 0.321 e. The van der Waals surface area contributed by atoms with Gasteiger partial charge in [-0.1, -0.05) is 38.0 Å². The monoisotopic (exact) mass is 443 g/mol. The normalized spacial score (nSPS) is 22.2. The van der Waals surface area contributed by atoms with Gasteiger partial charge in [-0.2, -0.15) is 0 Å². The minimum atomic E-state index is -0.393. The number of hydrogen-bond acceptors (Lipinski definition) is 5. The van der Waals surface area contributed by atoms with Gasteiger partial charge in [0, 0.05) is 37.9 Å². The maximum absolute atomic E-state index is 12.5. The van der Waals surface area contributed by atoms with Gasteiger partial charge in [-0.3, -0.25) is 24.7 Å². The van der Waals surface area contributed by atoms with Crippen molar-refractivity contribution >= 4 is 23.5 Å². The highest BCUT2D eigenvalue weighted by Gasteiger charge is 2.25. The van der Waals surface area contributed by atoms with E-state index in [1.54, 1.807) is 0 Å². The number of hydrogen-bond donors (Lipinski definition) is 3. The molecule has 1 aromatic carbocycles. The van der Waals surface area contributed by atoms with E-state index >= 15 is 0 Å². The largest absolute Gasteiger partial charge is 0.335 e. The number of para-hydroxylation sites is 1. The molecule has 4 amide bonds. The summed E-state index contributed by atoms with van der Waals surface area (Å²) in [5.74, 6) is 0.138. The zero-order valence-electron chi connectivity index (χ0n) is 19.6. The van der Waals surface area contributed by atoms with Crippen molar-refractivity contribution < 1.29 is 14.4 Å². The number of aryl methyl sites for hydroxylation is 2. The highest BCUT2D eigenvalue weighted by Crippen LogP contribution is 2.23. The number of piperazine rings is 1. The molecule has 2 fully saturated rings. The summed E-state index contributed by atoms with van der Waals surface area (Å²) in [4.78, 5) is 41.0. The van der Waals surface area contributed by atoms with E-state index in [2.05, 4.69) is 27.8 Å².